The molecule has 0 bridgehead atoms. The molecule has 0 atom stereocenters. The van der Waals surface area contributed by atoms with Gasteiger partial charge >= 0.3 is 6.09 Å². The number of hydrogen-bond donors (Lipinski definition) is 1. The van der Waals surface area contributed by atoms with Crippen LogP contribution in [0.5, 0.6) is 0 Å². The van der Waals surface area contributed by atoms with Crippen molar-refractivity contribution in [3.05, 3.63) is 24.0 Å². The van der Waals surface area contributed by atoms with Gasteiger partial charge in [-0.2, -0.15) is 0 Å². The predicted molar refractivity (Wildman–Crippen MR) is 71.0 cm³/mol. The molecule has 2 N–H and O–H groups in total. The third-order valence-electron chi connectivity index (χ3n) is 1.91. The molecule has 0 fully saturated rings. The fourth-order valence-electron chi connectivity index (χ4n) is 1.24. The van der Waals surface area contributed by atoms with Crippen LogP contribution in [0.1, 0.15) is 40.0 Å². The summed E-state index contributed by atoms with van der Waals surface area (Å²) in [6.45, 7) is -1.47. The Labute approximate surface area is 115 Å². The molecule has 0 radical (unpaired) electrons. The van der Waals surface area contributed by atoms with Crippen LogP contribution in [-0.4, -0.2) is 28.1 Å². The first-order valence-electron chi connectivity index (χ1n) is 7.94. The molecule has 18 heavy (non-hydrogen) atoms. The van der Waals surface area contributed by atoms with Crippen LogP contribution in [-0.2, 0) is 11.3 Å². The topological polar surface area (TPSA) is 68.5 Å². The highest BCUT2D eigenvalue weighted by Crippen LogP contribution is 2.13. The second-order valence-electron chi connectivity index (χ2n) is 4.80. The minimum Gasteiger partial charge on any atom is -0.444 e. The molecule has 0 unspecified atom stereocenters. The number of rotatable bonds is 3. The number of carbonyl (C=O) groups is 1. The fraction of sp³-hybridized carbons (Fsp3) is 0.538. The molecule has 0 aliphatic rings. The number of hydrogen-bond acceptors (Lipinski definition) is 4. The maximum absolute atomic E-state index is 12.3. The molecule has 0 saturated heterocycles. The van der Waals surface area contributed by atoms with E-state index in [0.717, 1.165) is 0 Å². The summed E-state index contributed by atoms with van der Waals surface area (Å²) in [4.78, 5) is 16.7. The highest BCUT2D eigenvalue weighted by molar-refractivity contribution is 5.68. The molecule has 1 heterocycles. The number of carbonyl (C=O) groups excluding carboxylic acids is 1. The Bertz CT molecular complexity index is 569. The predicted octanol–water partition coefficient (Wildman–Crippen LogP) is 2.42. The molecule has 5 nitrogen and oxygen atoms in total. The van der Waals surface area contributed by atoms with Crippen molar-refractivity contribution >= 4 is 11.8 Å². The van der Waals surface area contributed by atoms with E-state index < -0.39 is 25.0 Å². The first-order chi connectivity index (χ1) is 10.2. The van der Waals surface area contributed by atoms with Gasteiger partial charge in [-0.3, -0.25) is 4.98 Å². The van der Waals surface area contributed by atoms with Crippen molar-refractivity contribution in [2.24, 2.45) is 0 Å². The van der Waals surface area contributed by atoms with Gasteiger partial charge in [-0.1, -0.05) is 0 Å². The molecular formula is C13H21N3O2. The number of nitrogen functional groups attached to an aromatic ring is 1. The summed E-state index contributed by atoms with van der Waals surface area (Å²) < 4.78 is 42.9. The lowest BCUT2D eigenvalue weighted by Gasteiger charge is -2.26. The van der Waals surface area contributed by atoms with E-state index in [-0.39, 0.29) is 6.54 Å². The zero-order valence-electron chi connectivity index (χ0n) is 15.7. The molecule has 5 heteroatoms. The summed E-state index contributed by atoms with van der Waals surface area (Å²) in [5.74, 6) is 0. The number of ether oxygens (including phenoxy) is 1. The number of nitrogens with zero attached hydrogens (tertiary/aromatic N) is 2. The van der Waals surface area contributed by atoms with Crippen LogP contribution in [0.25, 0.3) is 0 Å². The van der Waals surface area contributed by atoms with Gasteiger partial charge in [0.05, 0.1) is 12.2 Å². The molecule has 1 amide bonds. The second kappa shape index (κ2) is 5.71. The van der Waals surface area contributed by atoms with Crippen LogP contribution in [0.3, 0.4) is 0 Å². The molecule has 0 aliphatic carbocycles. The summed E-state index contributed by atoms with van der Waals surface area (Å²) >= 11 is 0. The number of amides is 1. The van der Waals surface area contributed by atoms with Gasteiger partial charge in [-0.05, 0) is 39.3 Å². The monoisotopic (exact) mass is 256 g/mol. The quantitative estimate of drug-likeness (QED) is 0.901. The Morgan fingerprint density at radius 2 is 2.33 bits per heavy atom. The van der Waals surface area contributed by atoms with Crippen LogP contribution in [0.2, 0.25) is 0 Å². The molecule has 1 aromatic rings. The molecule has 1 rings (SSSR count). The summed E-state index contributed by atoms with van der Waals surface area (Å²) in [7, 11) is 0. The highest BCUT2D eigenvalue weighted by atomic mass is 16.6. The lowest BCUT2D eigenvalue weighted by atomic mass is 10.2. The van der Waals surface area contributed by atoms with Gasteiger partial charge in [-0.15, -0.1) is 0 Å². The zero-order valence-corrected chi connectivity index (χ0v) is 10.7. The third-order valence-corrected chi connectivity index (χ3v) is 1.91. The van der Waals surface area contributed by atoms with E-state index in [4.69, 9.17) is 17.3 Å². The average Bonchev–Trinajstić information content (AvgIpc) is 2.32. The largest absolute Gasteiger partial charge is 0.444 e. The van der Waals surface area contributed by atoms with Crippen LogP contribution in [0.15, 0.2) is 18.5 Å². The minimum absolute atomic E-state index is 0.320. The summed E-state index contributed by atoms with van der Waals surface area (Å²) in [6, 6.07) is 1.49. The fourth-order valence-corrected chi connectivity index (χ4v) is 1.24. The third kappa shape index (κ3) is 4.61. The van der Waals surface area contributed by atoms with Crippen molar-refractivity contribution in [1.82, 2.24) is 9.88 Å². The number of anilines is 1. The van der Waals surface area contributed by atoms with Crippen molar-refractivity contribution in [1.29, 1.82) is 0 Å². The van der Waals surface area contributed by atoms with Crippen molar-refractivity contribution in [3.8, 4) is 0 Å². The first-order valence-corrected chi connectivity index (χ1v) is 5.44. The molecule has 0 aromatic carbocycles. The Hall–Kier alpha value is -1.78. The van der Waals surface area contributed by atoms with E-state index in [0.29, 0.717) is 16.2 Å². The zero-order chi connectivity index (χ0) is 18.1. The van der Waals surface area contributed by atoms with Gasteiger partial charge < -0.3 is 15.4 Å². The van der Waals surface area contributed by atoms with Crippen molar-refractivity contribution in [2.45, 2.75) is 39.8 Å². The number of pyridine rings is 1. The Kier molecular flexibility index (Phi) is 2.65. The molecular weight excluding hydrogens is 230 g/mol. The molecule has 0 saturated carbocycles. The summed E-state index contributed by atoms with van der Waals surface area (Å²) in [5, 5.41) is 0. The van der Waals surface area contributed by atoms with Gasteiger partial charge in [0.15, 0.2) is 0 Å². The van der Waals surface area contributed by atoms with Gasteiger partial charge in [0.25, 0.3) is 0 Å². The van der Waals surface area contributed by atoms with E-state index in [2.05, 4.69) is 4.98 Å². The van der Waals surface area contributed by atoms with Crippen molar-refractivity contribution < 1.29 is 16.4 Å². The summed E-state index contributed by atoms with van der Waals surface area (Å²) in [5.41, 5.74) is 5.42. The summed E-state index contributed by atoms with van der Waals surface area (Å²) in [6.07, 6.45) is 1.70. The first kappa shape index (κ1) is 8.34. The lowest BCUT2D eigenvalue weighted by molar-refractivity contribution is 0.0244. The molecule has 1 aromatic heterocycles. The normalized spacial score (nSPS) is 16.7. The standard InChI is InChI=1S/C13H21N3O2/c1-5-16(12(17)18-13(2,3)4)9-10-6-11(14)8-15-7-10/h6-8H,5,9,14H2,1-4H3/i1D3,5D2. The van der Waals surface area contributed by atoms with Gasteiger partial charge in [-0.25, -0.2) is 4.79 Å². The minimum atomic E-state index is -3.04. The Morgan fingerprint density at radius 1 is 1.61 bits per heavy atom. The van der Waals surface area contributed by atoms with E-state index in [9.17, 15) is 4.79 Å². The van der Waals surface area contributed by atoms with Gasteiger partial charge in [0, 0.05) is 25.7 Å². The van der Waals surface area contributed by atoms with Gasteiger partial charge in [0.1, 0.15) is 5.60 Å². The number of aromatic nitrogens is 1. The second-order valence-corrected chi connectivity index (χ2v) is 4.80. The maximum Gasteiger partial charge on any atom is 0.410 e. The maximum atomic E-state index is 12.3. The van der Waals surface area contributed by atoms with Crippen LogP contribution in [0.4, 0.5) is 10.5 Å². The van der Waals surface area contributed by atoms with Crippen LogP contribution in [0, 0.1) is 0 Å². The van der Waals surface area contributed by atoms with Crippen LogP contribution >= 0.6 is 0 Å². The van der Waals surface area contributed by atoms with Crippen molar-refractivity contribution in [2.75, 3.05) is 12.2 Å². The van der Waals surface area contributed by atoms with E-state index in [1.54, 1.807) is 20.8 Å². The van der Waals surface area contributed by atoms with Gasteiger partial charge in [0.2, 0.25) is 0 Å². The highest BCUT2D eigenvalue weighted by Gasteiger charge is 2.21. The average molecular weight is 256 g/mol. The van der Waals surface area contributed by atoms with E-state index in [1.807, 2.05) is 0 Å². The Balaban J connectivity index is 3.18. The van der Waals surface area contributed by atoms with Crippen LogP contribution < -0.4 is 5.73 Å². The van der Waals surface area contributed by atoms with E-state index >= 15 is 0 Å². The number of nitrogens with two attached hydrogens (primary N) is 1. The van der Waals surface area contributed by atoms with Crippen molar-refractivity contribution in [3.63, 3.8) is 0 Å². The molecule has 100 valence electrons. The smallest absolute Gasteiger partial charge is 0.410 e. The SMILES string of the molecule is [2H]C([2H])([2H])C([2H])([2H])N(Cc1cncc(N)c1)C(=O)OC(C)(C)C. The van der Waals surface area contributed by atoms with E-state index in [1.165, 1.54) is 18.5 Å². The molecule has 0 aliphatic heterocycles. The molecule has 0 spiro atoms. The Morgan fingerprint density at radius 3 is 2.89 bits per heavy atom. The lowest BCUT2D eigenvalue weighted by Crippen LogP contribution is -2.36.